The molecule has 1 aromatic rings. The second kappa shape index (κ2) is 10.6. The molecule has 0 aromatic heterocycles. The highest BCUT2D eigenvalue weighted by molar-refractivity contribution is 7.99. The van der Waals surface area contributed by atoms with Crippen LogP contribution >= 0.6 is 11.8 Å². The number of amides is 1. The lowest BCUT2D eigenvalue weighted by Gasteiger charge is -2.08. The van der Waals surface area contributed by atoms with Gasteiger partial charge in [0.2, 0.25) is 5.91 Å². The van der Waals surface area contributed by atoms with E-state index in [9.17, 15) is 9.18 Å². The number of thioether (sulfide) groups is 1. The van der Waals surface area contributed by atoms with Crippen LogP contribution in [-0.2, 0) is 9.53 Å². The zero-order chi connectivity index (χ0) is 15.5. The Bertz CT molecular complexity index is 409. The molecule has 118 valence electrons. The summed E-state index contributed by atoms with van der Waals surface area (Å²) in [6.45, 7) is 6.32. The molecular weight excluding hydrogens is 289 g/mol. The minimum atomic E-state index is -0.239. The Morgan fingerprint density at radius 2 is 2.05 bits per heavy atom. The number of halogens is 1. The second-order valence-electron chi connectivity index (χ2n) is 5.22. The molecule has 0 aliphatic rings. The Morgan fingerprint density at radius 3 is 2.71 bits per heavy atom. The maximum atomic E-state index is 12.7. The SMILES string of the molecule is CC(C)COCCCNC(=O)CCSc1ccc(F)cc1. The first-order chi connectivity index (χ1) is 10.1. The predicted molar refractivity (Wildman–Crippen MR) is 85.0 cm³/mol. The number of nitrogens with one attached hydrogen (secondary N) is 1. The van der Waals surface area contributed by atoms with E-state index in [1.807, 2.05) is 0 Å². The van der Waals surface area contributed by atoms with E-state index >= 15 is 0 Å². The van der Waals surface area contributed by atoms with Crippen LogP contribution in [0.5, 0.6) is 0 Å². The van der Waals surface area contributed by atoms with Crippen molar-refractivity contribution in [1.29, 1.82) is 0 Å². The summed E-state index contributed by atoms with van der Waals surface area (Å²) in [5, 5.41) is 2.87. The summed E-state index contributed by atoms with van der Waals surface area (Å²) in [6, 6.07) is 6.31. The molecule has 0 saturated carbocycles. The summed E-state index contributed by atoms with van der Waals surface area (Å²) in [7, 11) is 0. The molecule has 0 radical (unpaired) electrons. The fourth-order valence-corrected chi connectivity index (χ4v) is 2.45. The maximum absolute atomic E-state index is 12.7. The summed E-state index contributed by atoms with van der Waals surface area (Å²) in [5.74, 6) is 1.05. The average Bonchev–Trinajstić information content (AvgIpc) is 2.44. The van der Waals surface area contributed by atoms with Gasteiger partial charge in [0.15, 0.2) is 0 Å². The van der Waals surface area contributed by atoms with E-state index in [-0.39, 0.29) is 11.7 Å². The molecule has 1 amide bonds. The first-order valence-electron chi connectivity index (χ1n) is 7.30. The van der Waals surface area contributed by atoms with Gasteiger partial charge < -0.3 is 10.1 Å². The van der Waals surface area contributed by atoms with Crippen LogP contribution in [0, 0.1) is 11.7 Å². The molecule has 0 aliphatic heterocycles. The highest BCUT2D eigenvalue weighted by atomic mass is 32.2. The van der Waals surface area contributed by atoms with Crippen molar-refractivity contribution in [2.24, 2.45) is 5.92 Å². The van der Waals surface area contributed by atoms with Crippen molar-refractivity contribution < 1.29 is 13.9 Å². The van der Waals surface area contributed by atoms with Crippen LogP contribution in [0.15, 0.2) is 29.2 Å². The van der Waals surface area contributed by atoms with Crippen LogP contribution < -0.4 is 5.32 Å². The smallest absolute Gasteiger partial charge is 0.220 e. The molecule has 0 heterocycles. The third-order valence-corrected chi connectivity index (χ3v) is 3.66. The summed E-state index contributed by atoms with van der Waals surface area (Å²) in [4.78, 5) is 12.6. The molecule has 0 bridgehead atoms. The quantitative estimate of drug-likeness (QED) is 0.531. The first kappa shape index (κ1) is 18.0. The molecule has 0 fully saturated rings. The summed E-state index contributed by atoms with van der Waals surface area (Å²) in [5.41, 5.74) is 0. The Morgan fingerprint density at radius 1 is 1.33 bits per heavy atom. The molecule has 1 aromatic carbocycles. The number of carbonyl (C=O) groups excluding carboxylic acids is 1. The van der Waals surface area contributed by atoms with Crippen molar-refractivity contribution in [3.05, 3.63) is 30.1 Å². The summed E-state index contributed by atoms with van der Waals surface area (Å²) >= 11 is 1.56. The molecule has 0 aliphatic carbocycles. The van der Waals surface area contributed by atoms with E-state index in [2.05, 4.69) is 19.2 Å². The molecule has 1 rings (SSSR count). The van der Waals surface area contributed by atoms with E-state index in [0.29, 0.717) is 31.2 Å². The van der Waals surface area contributed by atoms with Gasteiger partial charge in [0, 0.05) is 36.8 Å². The van der Waals surface area contributed by atoms with Crippen LogP contribution in [-0.4, -0.2) is 31.4 Å². The van der Waals surface area contributed by atoms with E-state index in [1.54, 1.807) is 23.9 Å². The highest BCUT2D eigenvalue weighted by Crippen LogP contribution is 2.18. The molecule has 0 unspecified atom stereocenters. The van der Waals surface area contributed by atoms with Crippen LogP contribution in [0.1, 0.15) is 26.7 Å². The van der Waals surface area contributed by atoms with Crippen molar-refractivity contribution in [2.45, 2.75) is 31.6 Å². The van der Waals surface area contributed by atoms with Gasteiger partial charge in [-0.15, -0.1) is 11.8 Å². The minimum Gasteiger partial charge on any atom is -0.381 e. The zero-order valence-electron chi connectivity index (χ0n) is 12.7. The molecule has 3 nitrogen and oxygen atoms in total. The number of hydrogen-bond donors (Lipinski definition) is 1. The van der Waals surface area contributed by atoms with E-state index < -0.39 is 0 Å². The van der Waals surface area contributed by atoms with Gasteiger partial charge in [-0.2, -0.15) is 0 Å². The van der Waals surface area contributed by atoms with E-state index in [1.165, 1.54) is 12.1 Å². The van der Waals surface area contributed by atoms with E-state index in [4.69, 9.17) is 4.74 Å². The standard InChI is InChI=1S/C16H24FNO2S/c1-13(2)12-20-10-3-9-18-16(19)8-11-21-15-6-4-14(17)5-7-15/h4-7,13H,3,8-12H2,1-2H3,(H,18,19). The normalized spacial score (nSPS) is 10.9. The van der Waals surface area contributed by atoms with Gasteiger partial charge in [-0.05, 0) is 36.6 Å². The largest absolute Gasteiger partial charge is 0.381 e. The average molecular weight is 313 g/mol. The fraction of sp³-hybridized carbons (Fsp3) is 0.562. The molecule has 1 N–H and O–H groups in total. The van der Waals surface area contributed by atoms with Crippen molar-refractivity contribution in [2.75, 3.05) is 25.5 Å². The summed E-state index contributed by atoms with van der Waals surface area (Å²) in [6.07, 6.45) is 1.30. The Labute approximate surface area is 130 Å². The van der Waals surface area contributed by atoms with Gasteiger partial charge in [0.25, 0.3) is 0 Å². The minimum absolute atomic E-state index is 0.0495. The first-order valence-corrected chi connectivity index (χ1v) is 8.29. The molecule has 5 heteroatoms. The Balaban J connectivity index is 2.00. The Kier molecular flexibility index (Phi) is 9.10. The van der Waals surface area contributed by atoms with Crippen LogP contribution in [0.25, 0.3) is 0 Å². The molecule has 21 heavy (non-hydrogen) atoms. The fourth-order valence-electron chi connectivity index (χ4n) is 1.60. The number of carbonyl (C=O) groups is 1. The van der Waals surface area contributed by atoms with Gasteiger partial charge in [0.1, 0.15) is 5.82 Å². The number of ether oxygens (including phenoxy) is 1. The van der Waals surface area contributed by atoms with Gasteiger partial charge >= 0.3 is 0 Å². The lowest BCUT2D eigenvalue weighted by molar-refractivity contribution is -0.120. The van der Waals surface area contributed by atoms with Gasteiger partial charge in [0.05, 0.1) is 0 Å². The third-order valence-electron chi connectivity index (χ3n) is 2.65. The summed E-state index contributed by atoms with van der Waals surface area (Å²) < 4.78 is 18.2. The molecular formula is C16H24FNO2S. The lowest BCUT2D eigenvalue weighted by Crippen LogP contribution is -2.25. The van der Waals surface area contributed by atoms with Crippen LogP contribution in [0.3, 0.4) is 0 Å². The van der Waals surface area contributed by atoms with Gasteiger partial charge in [-0.25, -0.2) is 4.39 Å². The molecule has 0 spiro atoms. The second-order valence-corrected chi connectivity index (χ2v) is 6.39. The van der Waals surface area contributed by atoms with Crippen molar-refractivity contribution in [1.82, 2.24) is 5.32 Å². The predicted octanol–water partition coefficient (Wildman–Crippen LogP) is 3.49. The number of rotatable bonds is 10. The Hall–Kier alpha value is -1.07. The lowest BCUT2D eigenvalue weighted by atomic mass is 10.2. The molecule has 0 saturated heterocycles. The zero-order valence-corrected chi connectivity index (χ0v) is 13.5. The number of benzene rings is 1. The molecule has 0 atom stereocenters. The highest BCUT2D eigenvalue weighted by Gasteiger charge is 2.02. The third kappa shape index (κ3) is 9.47. The van der Waals surface area contributed by atoms with Gasteiger partial charge in [-0.3, -0.25) is 4.79 Å². The van der Waals surface area contributed by atoms with Crippen molar-refractivity contribution in [3.8, 4) is 0 Å². The monoisotopic (exact) mass is 313 g/mol. The van der Waals surface area contributed by atoms with Crippen LogP contribution in [0.4, 0.5) is 4.39 Å². The van der Waals surface area contributed by atoms with Crippen molar-refractivity contribution in [3.63, 3.8) is 0 Å². The van der Waals surface area contributed by atoms with Gasteiger partial charge in [-0.1, -0.05) is 13.8 Å². The maximum Gasteiger partial charge on any atom is 0.220 e. The topological polar surface area (TPSA) is 38.3 Å². The van der Waals surface area contributed by atoms with Crippen molar-refractivity contribution >= 4 is 17.7 Å². The van der Waals surface area contributed by atoms with E-state index in [0.717, 1.165) is 17.9 Å². The van der Waals surface area contributed by atoms with Crippen LogP contribution in [0.2, 0.25) is 0 Å². The number of hydrogen-bond acceptors (Lipinski definition) is 3.